The molecule has 3 aromatic rings. The van der Waals surface area contributed by atoms with Gasteiger partial charge >= 0.3 is 12.1 Å². The first-order chi connectivity index (χ1) is 14.6. The van der Waals surface area contributed by atoms with Crippen LogP contribution in [0.4, 0.5) is 10.5 Å². The lowest BCUT2D eigenvalue weighted by Crippen LogP contribution is -2.31. The Balaban J connectivity index is 1.79. The third-order valence-corrected chi connectivity index (χ3v) is 4.46. The fraction of sp³-hybridized carbons (Fsp3) is 0.174. The first-order valence-corrected chi connectivity index (χ1v) is 9.38. The van der Waals surface area contributed by atoms with Crippen molar-refractivity contribution in [2.24, 2.45) is 0 Å². The molecule has 0 saturated carbocycles. The number of methoxy groups -OCH3 is 1. The summed E-state index contributed by atoms with van der Waals surface area (Å²) in [6, 6.07) is 22.0. The van der Waals surface area contributed by atoms with Crippen molar-refractivity contribution in [3.05, 3.63) is 100.0 Å². The van der Waals surface area contributed by atoms with E-state index < -0.39 is 17.6 Å². The maximum absolute atomic E-state index is 12.9. The van der Waals surface area contributed by atoms with Gasteiger partial charge in [0.05, 0.1) is 7.11 Å². The second kappa shape index (κ2) is 10.1. The predicted octanol–water partition coefficient (Wildman–Crippen LogP) is 3.36. The molecular formula is C23H22N2O5. The number of rotatable bonds is 7. The summed E-state index contributed by atoms with van der Waals surface area (Å²) in [6.45, 7) is -0.179. The molecule has 154 valence electrons. The maximum atomic E-state index is 12.9. The number of hydrogen-bond donors (Lipinski definition) is 1. The molecule has 0 aliphatic heterocycles. The highest BCUT2D eigenvalue weighted by Gasteiger charge is 2.15. The van der Waals surface area contributed by atoms with Crippen molar-refractivity contribution >= 4 is 17.7 Å². The van der Waals surface area contributed by atoms with Crippen molar-refractivity contribution in [3.63, 3.8) is 0 Å². The van der Waals surface area contributed by atoms with Crippen LogP contribution in [0.3, 0.4) is 0 Å². The van der Waals surface area contributed by atoms with E-state index in [2.05, 4.69) is 5.32 Å². The van der Waals surface area contributed by atoms with Gasteiger partial charge in [-0.05, 0) is 23.3 Å². The van der Waals surface area contributed by atoms with E-state index >= 15 is 0 Å². The van der Waals surface area contributed by atoms with Gasteiger partial charge in [-0.25, -0.2) is 4.79 Å². The Morgan fingerprint density at radius 1 is 0.900 bits per heavy atom. The highest BCUT2D eigenvalue weighted by Crippen LogP contribution is 2.12. The molecule has 0 aliphatic carbocycles. The van der Waals surface area contributed by atoms with Gasteiger partial charge in [0.2, 0.25) is 0 Å². The van der Waals surface area contributed by atoms with E-state index in [-0.39, 0.29) is 18.8 Å². The van der Waals surface area contributed by atoms with Gasteiger partial charge in [0.1, 0.15) is 18.8 Å². The van der Waals surface area contributed by atoms with Crippen LogP contribution in [0.5, 0.6) is 0 Å². The molecule has 1 heterocycles. The van der Waals surface area contributed by atoms with Crippen LogP contribution in [0.15, 0.2) is 77.6 Å². The van der Waals surface area contributed by atoms with Crippen molar-refractivity contribution in [3.8, 4) is 0 Å². The molecule has 0 saturated heterocycles. The van der Waals surface area contributed by atoms with Crippen LogP contribution >= 0.6 is 0 Å². The molecule has 0 atom stereocenters. The van der Waals surface area contributed by atoms with Gasteiger partial charge in [0.15, 0.2) is 0 Å². The second-order valence-electron chi connectivity index (χ2n) is 6.55. The molecule has 2 aromatic carbocycles. The van der Waals surface area contributed by atoms with E-state index in [0.29, 0.717) is 12.1 Å². The molecular weight excluding hydrogens is 384 g/mol. The third-order valence-electron chi connectivity index (χ3n) is 4.46. The number of pyridine rings is 1. The van der Waals surface area contributed by atoms with Gasteiger partial charge in [0, 0.05) is 12.1 Å². The average molecular weight is 406 g/mol. The number of nitrogens with zero attached hydrogens (tertiary/aromatic N) is 1. The summed E-state index contributed by atoms with van der Waals surface area (Å²) in [5.74, 6) is -0.560. The molecule has 0 fully saturated rings. The van der Waals surface area contributed by atoms with Crippen LogP contribution in [0.25, 0.3) is 0 Å². The van der Waals surface area contributed by atoms with Crippen LogP contribution in [0, 0.1) is 0 Å². The topological polar surface area (TPSA) is 86.6 Å². The number of carbonyl (C=O) groups excluding carboxylic acids is 2. The summed E-state index contributed by atoms with van der Waals surface area (Å²) in [6.07, 6.45) is -0.303. The Morgan fingerprint density at radius 3 is 2.17 bits per heavy atom. The number of benzene rings is 2. The SMILES string of the molecule is COC(=O)Cn1c(Cc2ccccc2)ccc(NC(=O)OCc2ccccc2)c1=O. The van der Waals surface area contributed by atoms with E-state index in [1.165, 1.54) is 17.7 Å². The molecule has 0 bridgehead atoms. The fourth-order valence-electron chi connectivity index (χ4n) is 2.91. The average Bonchev–Trinajstić information content (AvgIpc) is 2.78. The Morgan fingerprint density at radius 2 is 1.53 bits per heavy atom. The largest absolute Gasteiger partial charge is 0.468 e. The summed E-state index contributed by atoms with van der Waals surface area (Å²) in [4.78, 5) is 36.9. The quantitative estimate of drug-likeness (QED) is 0.608. The standard InChI is InChI=1S/C23H22N2O5/c1-29-21(26)15-25-19(14-17-8-4-2-5-9-17)12-13-20(22(25)27)24-23(28)30-16-18-10-6-3-7-11-18/h2-13H,14-16H2,1H3,(H,24,28). The Bertz CT molecular complexity index is 1060. The summed E-state index contributed by atoms with van der Waals surface area (Å²) in [7, 11) is 1.26. The van der Waals surface area contributed by atoms with Crippen molar-refractivity contribution in [1.29, 1.82) is 0 Å². The van der Waals surface area contributed by atoms with Crippen molar-refractivity contribution in [2.75, 3.05) is 12.4 Å². The van der Waals surface area contributed by atoms with Gasteiger partial charge in [-0.1, -0.05) is 60.7 Å². The van der Waals surface area contributed by atoms with Crippen LogP contribution in [-0.4, -0.2) is 23.7 Å². The van der Waals surface area contributed by atoms with Gasteiger partial charge in [-0.15, -0.1) is 0 Å². The van der Waals surface area contributed by atoms with Crippen molar-refractivity contribution < 1.29 is 19.1 Å². The molecule has 0 unspecified atom stereocenters. The minimum atomic E-state index is -0.753. The van der Waals surface area contributed by atoms with Gasteiger partial charge in [0.25, 0.3) is 5.56 Å². The van der Waals surface area contributed by atoms with E-state index in [4.69, 9.17) is 9.47 Å². The van der Waals surface area contributed by atoms with Crippen molar-refractivity contribution in [2.45, 2.75) is 19.6 Å². The second-order valence-corrected chi connectivity index (χ2v) is 6.55. The van der Waals surface area contributed by atoms with Crippen molar-refractivity contribution in [1.82, 2.24) is 4.57 Å². The van der Waals surface area contributed by atoms with Gasteiger partial charge in [-0.3, -0.25) is 19.5 Å². The number of carbonyl (C=O) groups is 2. The molecule has 1 amide bonds. The van der Waals surface area contributed by atoms with Gasteiger partial charge in [-0.2, -0.15) is 0 Å². The molecule has 3 rings (SSSR count). The zero-order chi connectivity index (χ0) is 21.3. The van der Waals surface area contributed by atoms with E-state index in [9.17, 15) is 14.4 Å². The molecule has 0 radical (unpaired) electrons. The number of anilines is 1. The van der Waals surface area contributed by atoms with E-state index in [1.807, 2.05) is 60.7 Å². The summed E-state index contributed by atoms with van der Waals surface area (Å²) in [5.41, 5.74) is 1.95. The smallest absolute Gasteiger partial charge is 0.412 e. The summed E-state index contributed by atoms with van der Waals surface area (Å²) < 4.78 is 11.2. The zero-order valence-electron chi connectivity index (χ0n) is 16.5. The lowest BCUT2D eigenvalue weighted by molar-refractivity contribution is -0.141. The molecule has 7 nitrogen and oxygen atoms in total. The monoisotopic (exact) mass is 406 g/mol. The van der Waals surface area contributed by atoms with Gasteiger partial charge < -0.3 is 9.47 Å². The minimum Gasteiger partial charge on any atom is -0.468 e. The molecule has 30 heavy (non-hydrogen) atoms. The van der Waals surface area contributed by atoms with E-state index in [1.54, 1.807) is 6.07 Å². The van der Waals surface area contributed by atoms with Crippen LogP contribution in [0.2, 0.25) is 0 Å². The fourth-order valence-corrected chi connectivity index (χ4v) is 2.91. The molecule has 1 aromatic heterocycles. The Hall–Kier alpha value is -3.87. The lowest BCUT2D eigenvalue weighted by Gasteiger charge is -2.14. The molecule has 7 heteroatoms. The summed E-state index contributed by atoms with van der Waals surface area (Å²) in [5, 5.41) is 2.46. The van der Waals surface area contributed by atoms with Crippen LogP contribution in [-0.2, 0) is 33.8 Å². The first-order valence-electron chi connectivity index (χ1n) is 9.38. The first kappa shape index (κ1) is 20.9. The number of hydrogen-bond acceptors (Lipinski definition) is 5. The number of esters is 1. The molecule has 0 spiro atoms. The maximum Gasteiger partial charge on any atom is 0.412 e. The number of nitrogens with one attached hydrogen (secondary N) is 1. The van der Waals surface area contributed by atoms with Crippen LogP contribution < -0.4 is 10.9 Å². The van der Waals surface area contributed by atoms with E-state index in [0.717, 1.165) is 11.1 Å². The highest BCUT2D eigenvalue weighted by molar-refractivity contribution is 5.84. The normalized spacial score (nSPS) is 10.3. The lowest BCUT2D eigenvalue weighted by atomic mass is 10.1. The van der Waals surface area contributed by atoms with Crippen LogP contribution in [0.1, 0.15) is 16.8 Å². The predicted molar refractivity (Wildman–Crippen MR) is 112 cm³/mol. The zero-order valence-corrected chi connectivity index (χ0v) is 16.5. The Labute approximate surface area is 173 Å². The molecule has 0 aliphatic rings. The minimum absolute atomic E-state index is 0.0220. The summed E-state index contributed by atoms with van der Waals surface area (Å²) >= 11 is 0. The number of amides is 1. The number of ether oxygens (including phenoxy) is 2. The number of aromatic nitrogens is 1. The highest BCUT2D eigenvalue weighted by atomic mass is 16.5. The third kappa shape index (κ3) is 5.57. The Kier molecular flexibility index (Phi) is 7.00. The molecule has 1 N–H and O–H groups in total.